The first-order chi connectivity index (χ1) is 9.16. The van der Waals surface area contributed by atoms with Crippen molar-refractivity contribution in [1.29, 1.82) is 0 Å². The van der Waals surface area contributed by atoms with Crippen LogP contribution < -0.4 is 5.56 Å². The number of hydrogen-bond acceptors (Lipinski definition) is 3. The second kappa shape index (κ2) is 4.48. The molecule has 0 spiro atoms. The number of benzene rings is 2. The van der Waals surface area contributed by atoms with Gasteiger partial charge in [-0.25, -0.2) is 3.96 Å². The normalized spacial score (nSPS) is 10.8. The van der Waals surface area contributed by atoms with Gasteiger partial charge in [0.25, 0.3) is 5.56 Å². The molecule has 19 heavy (non-hydrogen) atoms. The van der Waals surface area contributed by atoms with Crippen LogP contribution >= 0.6 is 11.5 Å². The number of hydrogen-bond donors (Lipinski definition) is 0. The summed E-state index contributed by atoms with van der Waals surface area (Å²) in [6.45, 7) is 1.53. The summed E-state index contributed by atoms with van der Waals surface area (Å²) in [5, 5.41) is 0.725. The van der Waals surface area contributed by atoms with Gasteiger partial charge in [0.1, 0.15) is 0 Å². The van der Waals surface area contributed by atoms with Gasteiger partial charge in [-0.15, -0.1) is 0 Å². The number of carbonyl (C=O) groups excluding carboxylic acids is 1. The Bertz CT molecular complexity index is 812. The molecule has 0 aliphatic carbocycles. The third-order valence-corrected chi connectivity index (χ3v) is 4.11. The smallest absolute Gasteiger partial charge is 0.273 e. The fraction of sp³-hybridized carbons (Fsp3) is 0.0667. The molecule has 2 aromatic carbocycles. The van der Waals surface area contributed by atoms with Crippen molar-refractivity contribution in [3.8, 4) is 5.69 Å². The quantitative estimate of drug-likeness (QED) is 0.670. The highest BCUT2D eigenvalue weighted by Gasteiger charge is 2.08. The first-order valence-corrected chi connectivity index (χ1v) is 6.66. The maximum atomic E-state index is 12.3. The minimum absolute atomic E-state index is 0.0174. The zero-order valence-corrected chi connectivity index (χ0v) is 11.1. The Labute approximate surface area is 113 Å². The Morgan fingerprint density at radius 2 is 1.74 bits per heavy atom. The summed E-state index contributed by atoms with van der Waals surface area (Å²) in [5.74, 6) is 0.0234. The first-order valence-electron chi connectivity index (χ1n) is 5.89. The van der Waals surface area contributed by atoms with Gasteiger partial charge >= 0.3 is 0 Å². The van der Waals surface area contributed by atoms with E-state index in [9.17, 15) is 9.59 Å². The number of fused-ring (bicyclic) bond motifs is 1. The summed E-state index contributed by atoms with van der Waals surface area (Å²) in [7, 11) is 0. The van der Waals surface area contributed by atoms with E-state index in [4.69, 9.17) is 0 Å². The van der Waals surface area contributed by atoms with Gasteiger partial charge in [-0.2, -0.15) is 0 Å². The number of Topliss-reactive ketones (excluding diaryl/α,β-unsaturated/α-hetero) is 1. The summed E-state index contributed by atoms with van der Waals surface area (Å²) < 4.78 is 2.61. The zero-order chi connectivity index (χ0) is 13.4. The van der Waals surface area contributed by atoms with E-state index in [-0.39, 0.29) is 11.3 Å². The number of rotatable bonds is 2. The molecule has 94 valence electrons. The highest BCUT2D eigenvalue weighted by atomic mass is 32.1. The van der Waals surface area contributed by atoms with Crippen molar-refractivity contribution in [2.45, 2.75) is 6.92 Å². The van der Waals surface area contributed by atoms with Gasteiger partial charge in [-0.1, -0.05) is 23.7 Å². The largest absolute Gasteiger partial charge is 0.295 e. The van der Waals surface area contributed by atoms with Crippen LogP contribution in [-0.4, -0.2) is 9.74 Å². The van der Waals surface area contributed by atoms with Crippen molar-refractivity contribution in [2.75, 3.05) is 0 Å². The molecule has 0 unspecified atom stereocenters. The Morgan fingerprint density at radius 1 is 1.05 bits per heavy atom. The van der Waals surface area contributed by atoms with Gasteiger partial charge in [-0.3, -0.25) is 9.59 Å². The van der Waals surface area contributed by atoms with Crippen LogP contribution in [0.1, 0.15) is 17.3 Å². The van der Waals surface area contributed by atoms with Gasteiger partial charge in [0, 0.05) is 5.56 Å². The Kier molecular flexibility index (Phi) is 2.80. The highest BCUT2D eigenvalue weighted by molar-refractivity contribution is 7.14. The van der Waals surface area contributed by atoms with E-state index in [1.165, 1.54) is 18.5 Å². The van der Waals surface area contributed by atoms with Crippen molar-refractivity contribution in [3.63, 3.8) is 0 Å². The summed E-state index contributed by atoms with van der Waals surface area (Å²) >= 11 is 1.41. The molecule has 0 atom stereocenters. The van der Waals surface area contributed by atoms with Crippen LogP contribution in [0.3, 0.4) is 0 Å². The lowest BCUT2D eigenvalue weighted by Crippen LogP contribution is -2.10. The van der Waals surface area contributed by atoms with Crippen LogP contribution in [0.25, 0.3) is 15.8 Å². The SMILES string of the molecule is CC(=O)c1ccc(-n2sc3ccccc3c2=O)cc1. The lowest BCUT2D eigenvalue weighted by atomic mass is 10.1. The third kappa shape index (κ3) is 2.00. The lowest BCUT2D eigenvalue weighted by molar-refractivity contribution is 0.101. The van der Waals surface area contributed by atoms with Crippen LogP contribution in [0.4, 0.5) is 0 Å². The lowest BCUT2D eigenvalue weighted by Gasteiger charge is -2.01. The van der Waals surface area contributed by atoms with Crippen LogP contribution in [0, 0.1) is 0 Å². The maximum absolute atomic E-state index is 12.3. The maximum Gasteiger partial charge on any atom is 0.273 e. The molecular weight excluding hydrogens is 258 g/mol. The minimum Gasteiger partial charge on any atom is -0.295 e. The molecule has 1 heterocycles. The van der Waals surface area contributed by atoms with E-state index in [1.807, 2.05) is 24.3 Å². The molecule has 0 amide bonds. The first kappa shape index (κ1) is 11.9. The predicted molar refractivity (Wildman–Crippen MR) is 77.4 cm³/mol. The Morgan fingerprint density at radius 3 is 2.37 bits per heavy atom. The second-order valence-electron chi connectivity index (χ2n) is 4.29. The van der Waals surface area contributed by atoms with E-state index in [2.05, 4.69) is 0 Å². The monoisotopic (exact) mass is 269 g/mol. The number of carbonyl (C=O) groups is 1. The summed E-state index contributed by atoms with van der Waals surface area (Å²) in [4.78, 5) is 23.5. The van der Waals surface area contributed by atoms with Crippen molar-refractivity contribution in [1.82, 2.24) is 3.96 Å². The van der Waals surface area contributed by atoms with E-state index in [0.717, 1.165) is 15.8 Å². The topological polar surface area (TPSA) is 39.1 Å². The molecule has 0 N–H and O–H groups in total. The Balaban J connectivity index is 2.16. The van der Waals surface area contributed by atoms with E-state index < -0.39 is 0 Å². The molecule has 0 saturated carbocycles. The molecule has 0 aliphatic heterocycles. The second-order valence-corrected chi connectivity index (χ2v) is 5.28. The van der Waals surface area contributed by atoms with Crippen molar-refractivity contribution < 1.29 is 4.79 Å². The van der Waals surface area contributed by atoms with Gasteiger partial charge < -0.3 is 0 Å². The average Bonchev–Trinajstić information content (AvgIpc) is 2.77. The standard InChI is InChI=1S/C15H11NO2S/c1-10(17)11-6-8-12(9-7-11)16-15(18)13-4-2-3-5-14(13)19-16/h2-9H,1H3. The molecule has 3 aromatic rings. The van der Waals surface area contributed by atoms with Gasteiger partial charge in [0.2, 0.25) is 0 Å². The van der Waals surface area contributed by atoms with Crippen molar-refractivity contribution in [3.05, 3.63) is 64.4 Å². The molecular formula is C15H11NO2S. The number of aromatic nitrogens is 1. The number of ketones is 1. The highest BCUT2D eigenvalue weighted by Crippen LogP contribution is 2.20. The fourth-order valence-electron chi connectivity index (χ4n) is 1.97. The molecule has 0 fully saturated rings. The van der Waals surface area contributed by atoms with Crippen LogP contribution in [0.15, 0.2) is 53.3 Å². The van der Waals surface area contributed by atoms with Crippen LogP contribution in [0.5, 0.6) is 0 Å². The van der Waals surface area contributed by atoms with E-state index in [0.29, 0.717) is 5.56 Å². The van der Waals surface area contributed by atoms with E-state index >= 15 is 0 Å². The molecule has 3 rings (SSSR count). The summed E-state index contributed by atoms with van der Waals surface area (Å²) in [6, 6.07) is 14.6. The third-order valence-electron chi connectivity index (χ3n) is 3.00. The molecule has 0 radical (unpaired) electrons. The fourth-order valence-corrected chi connectivity index (χ4v) is 2.97. The molecule has 0 aliphatic rings. The van der Waals surface area contributed by atoms with Crippen LogP contribution in [-0.2, 0) is 0 Å². The predicted octanol–water partition coefficient (Wildman–Crippen LogP) is 3.25. The molecule has 3 nitrogen and oxygen atoms in total. The molecule has 0 bridgehead atoms. The van der Waals surface area contributed by atoms with Crippen LogP contribution in [0.2, 0.25) is 0 Å². The van der Waals surface area contributed by atoms with Crippen molar-refractivity contribution >= 4 is 27.4 Å². The summed E-state index contributed by atoms with van der Waals surface area (Å²) in [6.07, 6.45) is 0. The van der Waals surface area contributed by atoms with Crippen molar-refractivity contribution in [2.24, 2.45) is 0 Å². The number of nitrogens with zero attached hydrogens (tertiary/aromatic N) is 1. The molecule has 1 aromatic heterocycles. The zero-order valence-electron chi connectivity index (χ0n) is 10.3. The average molecular weight is 269 g/mol. The molecule has 0 saturated heterocycles. The van der Waals surface area contributed by atoms with E-state index in [1.54, 1.807) is 28.2 Å². The Hall–Kier alpha value is -2.20. The molecule has 4 heteroatoms. The van der Waals surface area contributed by atoms with Gasteiger partial charge in [-0.05, 0) is 43.3 Å². The minimum atomic E-state index is -0.0174. The summed E-state index contributed by atoms with van der Waals surface area (Å²) in [5.41, 5.74) is 1.42. The van der Waals surface area contributed by atoms with Gasteiger partial charge in [0.05, 0.1) is 15.8 Å². The van der Waals surface area contributed by atoms with Gasteiger partial charge in [0.15, 0.2) is 5.78 Å².